The minimum atomic E-state index is -0.656. The Hall–Kier alpha value is -4.84. The van der Waals surface area contributed by atoms with Gasteiger partial charge in [-0.15, -0.1) is 11.3 Å². The molecule has 1 aliphatic heterocycles. The number of para-hydroxylation sites is 1. The van der Waals surface area contributed by atoms with E-state index in [0.717, 1.165) is 31.1 Å². The Morgan fingerprint density at radius 2 is 1.87 bits per heavy atom. The van der Waals surface area contributed by atoms with E-state index in [9.17, 15) is 9.59 Å². The van der Waals surface area contributed by atoms with Crippen molar-refractivity contribution in [3.8, 4) is 21.9 Å². The molecule has 11 heteroatoms. The number of hydrogen-bond donors (Lipinski definition) is 2. The second-order valence-corrected chi connectivity index (χ2v) is 11.7. The van der Waals surface area contributed by atoms with Crippen LogP contribution in [-0.4, -0.2) is 54.8 Å². The Labute approximate surface area is 264 Å². The molecule has 6 rings (SSSR count). The van der Waals surface area contributed by atoms with Crippen molar-refractivity contribution >= 4 is 45.0 Å². The fraction of sp³-hybridized carbons (Fsp3) is 0.206. The van der Waals surface area contributed by atoms with Gasteiger partial charge in [-0.25, -0.2) is 18.9 Å². The van der Waals surface area contributed by atoms with E-state index in [1.54, 1.807) is 19.4 Å². The van der Waals surface area contributed by atoms with Crippen LogP contribution in [0, 0.1) is 5.82 Å². The van der Waals surface area contributed by atoms with E-state index in [1.165, 1.54) is 34.4 Å². The number of imide groups is 1. The second-order valence-electron chi connectivity index (χ2n) is 10.7. The molecule has 230 valence electrons. The lowest BCUT2D eigenvalue weighted by molar-refractivity contribution is 0.171. The predicted octanol–water partition coefficient (Wildman–Crippen LogP) is 7.49. The third kappa shape index (κ3) is 6.80. The van der Waals surface area contributed by atoms with Crippen LogP contribution in [0.4, 0.5) is 25.4 Å². The number of nitrogens with one attached hydrogen (secondary N) is 2. The van der Waals surface area contributed by atoms with Crippen molar-refractivity contribution in [2.45, 2.75) is 19.5 Å². The first kappa shape index (κ1) is 30.2. The Bertz CT molecular complexity index is 1830. The number of carbonyl (C=O) groups excluding carboxylic acids is 2. The molecule has 0 radical (unpaired) electrons. The molecule has 1 fully saturated rings. The molecule has 0 aliphatic carbocycles. The average molecular weight is 626 g/mol. The van der Waals surface area contributed by atoms with Crippen molar-refractivity contribution in [2.24, 2.45) is 0 Å². The van der Waals surface area contributed by atoms with Crippen LogP contribution in [0.5, 0.6) is 11.5 Å². The number of benzene rings is 3. The van der Waals surface area contributed by atoms with Gasteiger partial charge in [-0.05, 0) is 54.4 Å². The van der Waals surface area contributed by atoms with Gasteiger partial charge in [0.25, 0.3) is 0 Å². The van der Waals surface area contributed by atoms with Crippen LogP contribution in [0.1, 0.15) is 12.5 Å². The van der Waals surface area contributed by atoms with E-state index in [0.29, 0.717) is 31.1 Å². The molecular weight excluding hydrogens is 593 g/mol. The summed E-state index contributed by atoms with van der Waals surface area (Å²) in [6.45, 7) is 4.02. The highest BCUT2D eigenvalue weighted by molar-refractivity contribution is 7.22. The molecule has 0 spiro atoms. The Morgan fingerprint density at radius 1 is 1.02 bits per heavy atom. The van der Waals surface area contributed by atoms with Gasteiger partial charge < -0.3 is 20.1 Å². The first-order chi connectivity index (χ1) is 21.9. The highest BCUT2D eigenvalue weighted by Gasteiger charge is 2.34. The fourth-order valence-electron chi connectivity index (χ4n) is 5.12. The lowest BCUT2D eigenvalue weighted by Crippen LogP contribution is -2.39. The van der Waals surface area contributed by atoms with Crippen LogP contribution in [0.2, 0.25) is 0 Å². The molecule has 9 nitrogen and oxygen atoms in total. The number of carbonyl (C=O) groups is 2. The summed E-state index contributed by atoms with van der Waals surface area (Å²) in [7, 11) is 1.69. The molecule has 3 aromatic carbocycles. The summed E-state index contributed by atoms with van der Waals surface area (Å²) in [5.41, 5.74) is 3.86. The molecule has 0 saturated carbocycles. The minimum Gasteiger partial charge on any atom is -0.453 e. The average Bonchev–Trinajstić information content (AvgIpc) is 3.66. The SMILES string of the molecule is COC[C@H](C)NCc1cccc(-c2cc3nccc(Oc4ccc(NC(=O)N5CCN(c6ccccc6)C5=O)cc4F)c3s2)c1. The number of amides is 4. The zero-order valence-electron chi connectivity index (χ0n) is 24.8. The topological polar surface area (TPSA) is 96.0 Å². The maximum Gasteiger partial charge on any atom is 0.332 e. The van der Waals surface area contributed by atoms with Crippen molar-refractivity contribution in [2.75, 3.05) is 37.0 Å². The largest absolute Gasteiger partial charge is 0.453 e. The summed E-state index contributed by atoms with van der Waals surface area (Å²) in [5.74, 6) is -0.181. The number of methoxy groups -OCH3 is 1. The molecule has 3 heterocycles. The molecule has 0 bridgehead atoms. The molecule has 1 saturated heterocycles. The number of thiophene rings is 1. The quantitative estimate of drug-likeness (QED) is 0.167. The van der Waals surface area contributed by atoms with Crippen LogP contribution in [-0.2, 0) is 11.3 Å². The first-order valence-corrected chi connectivity index (χ1v) is 15.3. The van der Waals surface area contributed by atoms with E-state index in [-0.39, 0.29) is 24.0 Å². The molecule has 0 unspecified atom stereocenters. The van der Waals surface area contributed by atoms with Crippen LogP contribution >= 0.6 is 11.3 Å². The van der Waals surface area contributed by atoms with Gasteiger partial charge in [-0.1, -0.05) is 36.4 Å². The molecular formula is C34H32FN5O4S. The third-order valence-corrected chi connectivity index (χ3v) is 8.57. The van der Waals surface area contributed by atoms with Gasteiger partial charge in [-0.2, -0.15) is 0 Å². The van der Waals surface area contributed by atoms with Crippen LogP contribution < -0.4 is 20.3 Å². The lowest BCUT2D eigenvalue weighted by atomic mass is 10.1. The molecule has 1 atom stereocenters. The van der Waals surface area contributed by atoms with Crippen LogP contribution in [0.25, 0.3) is 20.7 Å². The Morgan fingerprint density at radius 3 is 2.67 bits per heavy atom. The van der Waals surface area contributed by atoms with E-state index in [1.807, 2.05) is 42.5 Å². The van der Waals surface area contributed by atoms with Crippen molar-refractivity contribution < 1.29 is 23.5 Å². The molecule has 5 aromatic rings. The van der Waals surface area contributed by atoms with Gasteiger partial charge >= 0.3 is 12.1 Å². The highest BCUT2D eigenvalue weighted by atomic mass is 32.1. The third-order valence-electron chi connectivity index (χ3n) is 7.38. The number of urea groups is 2. The van der Waals surface area contributed by atoms with Crippen molar-refractivity contribution in [3.05, 3.63) is 103 Å². The van der Waals surface area contributed by atoms with Crippen LogP contribution in [0.3, 0.4) is 0 Å². The standard InChI is InChI=1S/C34H32FN5O4S/c1-22(21-43-2)37-20-23-7-6-8-24(17-23)31-19-28-32(45-31)30(13-14-36-28)44-29-12-11-25(18-27(29)35)38-33(41)40-16-15-39(34(40)42)26-9-4-3-5-10-26/h3-14,17-19,22,37H,15-16,20-21H2,1-2H3,(H,38,41)/t22-/m0/s1. The van der Waals surface area contributed by atoms with Gasteiger partial charge in [0.15, 0.2) is 11.6 Å². The normalized spacial score (nSPS) is 13.8. The number of rotatable bonds is 10. The molecule has 4 amide bonds. The van der Waals surface area contributed by atoms with E-state index in [4.69, 9.17) is 9.47 Å². The zero-order chi connectivity index (χ0) is 31.3. The van der Waals surface area contributed by atoms with Crippen molar-refractivity contribution in [1.82, 2.24) is 15.2 Å². The summed E-state index contributed by atoms with van der Waals surface area (Å²) in [6.07, 6.45) is 1.63. The summed E-state index contributed by atoms with van der Waals surface area (Å²) >= 11 is 1.52. The maximum absolute atomic E-state index is 15.2. The number of aromatic nitrogens is 1. The highest BCUT2D eigenvalue weighted by Crippen LogP contribution is 2.40. The first-order valence-electron chi connectivity index (χ1n) is 14.5. The summed E-state index contributed by atoms with van der Waals surface area (Å²) in [4.78, 5) is 33.9. The molecule has 2 N–H and O–H groups in total. The smallest absolute Gasteiger partial charge is 0.332 e. The number of anilines is 2. The lowest BCUT2D eigenvalue weighted by Gasteiger charge is -2.18. The number of ether oxygens (including phenoxy) is 2. The molecule has 45 heavy (non-hydrogen) atoms. The number of nitrogens with zero attached hydrogens (tertiary/aromatic N) is 3. The summed E-state index contributed by atoms with van der Waals surface area (Å²) in [5, 5.41) is 6.07. The van der Waals surface area contributed by atoms with Crippen molar-refractivity contribution in [3.63, 3.8) is 0 Å². The Balaban J connectivity index is 1.14. The van der Waals surface area contributed by atoms with Crippen LogP contribution in [0.15, 0.2) is 91.1 Å². The number of pyridine rings is 1. The summed E-state index contributed by atoms with van der Waals surface area (Å²) < 4.78 is 27.2. The minimum absolute atomic E-state index is 0.00111. The number of halogens is 1. The molecule has 1 aliphatic rings. The van der Waals surface area contributed by atoms with E-state index in [2.05, 4.69) is 40.7 Å². The summed E-state index contributed by atoms with van der Waals surface area (Å²) in [6, 6.07) is 24.5. The van der Waals surface area contributed by atoms with Gasteiger partial charge in [0.05, 0.1) is 23.4 Å². The van der Waals surface area contributed by atoms with Gasteiger partial charge in [0.1, 0.15) is 5.75 Å². The van der Waals surface area contributed by atoms with E-state index < -0.39 is 17.9 Å². The van der Waals surface area contributed by atoms with Gasteiger partial charge in [-0.3, -0.25) is 9.88 Å². The number of hydrogen-bond acceptors (Lipinski definition) is 7. The fourth-order valence-corrected chi connectivity index (χ4v) is 6.18. The van der Waals surface area contributed by atoms with E-state index >= 15 is 4.39 Å². The maximum atomic E-state index is 15.2. The van der Waals surface area contributed by atoms with Gasteiger partial charge in [0.2, 0.25) is 0 Å². The van der Waals surface area contributed by atoms with Crippen molar-refractivity contribution in [1.29, 1.82) is 0 Å². The zero-order valence-corrected chi connectivity index (χ0v) is 25.6. The monoisotopic (exact) mass is 625 g/mol. The predicted molar refractivity (Wildman–Crippen MR) is 175 cm³/mol. The second kappa shape index (κ2) is 13.4. The van der Waals surface area contributed by atoms with Gasteiger partial charge in [0, 0.05) is 60.8 Å². The Kier molecular flexibility index (Phi) is 9.01. The molecule has 2 aromatic heterocycles. The number of fused-ring (bicyclic) bond motifs is 1.